The number of carbonyl (C=O) groups is 1. The van der Waals surface area contributed by atoms with Gasteiger partial charge in [0, 0.05) is 30.9 Å². The highest BCUT2D eigenvalue weighted by Crippen LogP contribution is 2.22. The van der Waals surface area contributed by atoms with E-state index < -0.39 is 16.3 Å². The Balaban J connectivity index is 2.33. The van der Waals surface area contributed by atoms with Gasteiger partial charge in [-0.1, -0.05) is 26.0 Å². The number of aromatic nitrogens is 2. The Morgan fingerprint density at radius 1 is 1.30 bits per heavy atom. The van der Waals surface area contributed by atoms with Gasteiger partial charge in [-0.25, -0.2) is 4.68 Å². The molecular weight excluding hydrogens is 350 g/mol. The summed E-state index contributed by atoms with van der Waals surface area (Å²) in [5.41, 5.74) is -0.392. The maximum Gasteiger partial charge on any atom is 0.294 e. The van der Waals surface area contributed by atoms with Gasteiger partial charge < -0.3 is 10.2 Å². The van der Waals surface area contributed by atoms with E-state index in [1.165, 1.54) is 22.9 Å². The third kappa shape index (κ3) is 4.76. The van der Waals surface area contributed by atoms with E-state index >= 15 is 0 Å². The molecule has 0 aliphatic heterocycles. The molecule has 0 radical (unpaired) electrons. The normalized spacial score (nSPS) is 10.8. The van der Waals surface area contributed by atoms with Gasteiger partial charge in [0.15, 0.2) is 5.69 Å². The van der Waals surface area contributed by atoms with Crippen molar-refractivity contribution in [2.24, 2.45) is 0 Å². The summed E-state index contributed by atoms with van der Waals surface area (Å²) in [5.74, 6) is -0.598. The molecule has 2 aromatic rings. The molecule has 1 aromatic carbocycles. The molecule has 0 atom stereocenters. The summed E-state index contributed by atoms with van der Waals surface area (Å²) in [6, 6.07) is 7.29. The molecule has 1 aromatic heterocycles. The molecule has 1 N–H and O–H groups in total. The van der Waals surface area contributed by atoms with E-state index in [9.17, 15) is 19.7 Å². The number of nitro benzene ring substituents is 1. The van der Waals surface area contributed by atoms with Crippen LogP contribution in [0.25, 0.3) is 5.69 Å². The number of carbonyl (C=O) groups excluding carboxylic acids is 1. The molecule has 0 aliphatic rings. The van der Waals surface area contributed by atoms with Gasteiger partial charge in [-0.2, -0.15) is 5.10 Å². The van der Waals surface area contributed by atoms with Gasteiger partial charge in [0.1, 0.15) is 5.69 Å². The Morgan fingerprint density at radius 3 is 2.59 bits per heavy atom. The fourth-order valence-corrected chi connectivity index (χ4v) is 2.70. The van der Waals surface area contributed by atoms with Gasteiger partial charge >= 0.3 is 0 Å². The molecule has 2 rings (SSSR count). The van der Waals surface area contributed by atoms with Crippen molar-refractivity contribution < 1.29 is 9.72 Å². The van der Waals surface area contributed by atoms with Crippen LogP contribution in [0.1, 0.15) is 30.0 Å². The predicted octanol–water partition coefficient (Wildman–Crippen LogP) is 1.52. The number of amides is 1. The molecule has 0 fully saturated rings. The van der Waals surface area contributed by atoms with Crippen LogP contribution in [0.3, 0.4) is 0 Å². The second kappa shape index (κ2) is 9.04. The van der Waals surface area contributed by atoms with Crippen molar-refractivity contribution in [3.05, 3.63) is 62.1 Å². The number of nitrogens with one attached hydrogen (secondary N) is 1. The lowest BCUT2D eigenvalue weighted by molar-refractivity contribution is -0.384. The van der Waals surface area contributed by atoms with Crippen LogP contribution in [0, 0.1) is 17.0 Å². The summed E-state index contributed by atoms with van der Waals surface area (Å²) in [6.45, 7) is 8.41. The second-order valence-corrected chi connectivity index (χ2v) is 5.94. The second-order valence-electron chi connectivity index (χ2n) is 5.94. The van der Waals surface area contributed by atoms with Crippen molar-refractivity contribution in [2.45, 2.75) is 20.8 Å². The Bertz CT molecular complexity index is 890. The third-order valence-corrected chi connectivity index (χ3v) is 4.24. The molecule has 9 nitrogen and oxygen atoms in total. The quantitative estimate of drug-likeness (QED) is 0.555. The van der Waals surface area contributed by atoms with Crippen LogP contribution >= 0.6 is 0 Å². The van der Waals surface area contributed by atoms with Crippen molar-refractivity contribution in [3.63, 3.8) is 0 Å². The number of benzene rings is 1. The Labute approximate surface area is 156 Å². The Morgan fingerprint density at radius 2 is 1.96 bits per heavy atom. The van der Waals surface area contributed by atoms with Crippen molar-refractivity contribution in [2.75, 3.05) is 26.2 Å². The number of rotatable bonds is 8. The smallest absolute Gasteiger partial charge is 0.294 e. The molecule has 0 unspecified atom stereocenters. The highest BCUT2D eigenvalue weighted by atomic mass is 16.6. The lowest BCUT2D eigenvalue weighted by atomic mass is 10.2. The first-order chi connectivity index (χ1) is 12.9. The van der Waals surface area contributed by atoms with Crippen LogP contribution in [0.2, 0.25) is 0 Å². The number of nitrogens with zero attached hydrogens (tertiary/aromatic N) is 4. The van der Waals surface area contributed by atoms with E-state index in [0.29, 0.717) is 18.8 Å². The average molecular weight is 373 g/mol. The van der Waals surface area contributed by atoms with Gasteiger partial charge in [-0.05, 0) is 26.1 Å². The van der Waals surface area contributed by atoms with Crippen LogP contribution in [0.4, 0.5) is 5.69 Å². The summed E-state index contributed by atoms with van der Waals surface area (Å²) in [5, 5.41) is 18.1. The molecule has 0 bridgehead atoms. The molecule has 0 spiro atoms. The molecule has 1 amide bonds. The minimum Gasteiger partial charge on any atom is -0.349 e. The number of para-hydroxylation sites is 2. The van der Waals surface area contributed by atoms with Crippen LogP contribution in [0.5, 0.6) is 0 Å². The molecule has 0 aliphatic carbocycles. The summed E-state index contributed by atoms with van der Waals surface area (Å²) in [4.78, 5) is 37.5. The molecule has 0 saturated heterocycles. The predicted molar refractivity (Wildman–Crippen MR) is 101 cm³/mol. The van der Waals surface area contributed by atoms with Gasteiger partial charge in [0.25, 0.3) is 11.6 Å². The van der Waals surface area contributed by atoms with Crippen LogP contribution in [-0.2, 0) is 0 Å². The lowest BCUT2D eigenvalue weighted by Gasteiger charge is -2.18. The number of nitro groups is 1. The van der Waals surface area contributed by atoms with Crippen molar-refractivity contribution >= 4 is 11.6 Å². The van der Waals surface area contributed by atoms with E-state index in [-0.39, 0.29) is 17.1 Å². The van der Waals surface area contributed by atoms with Crippen LogP contribution in [0.15, 0.2) is 35.1 Å². The van der Waals surface area contributed by atoms with E-state index in [2.05, 4.69) is 15.3 Å². The highest BCUT2D eigenvalue weighted by Gasteiger charge is 2.20. The SMILES string of the molecule is CCN(CC)CCNC(=O)c1nn(-c2ccccc2[N+](=O)[O-])c(C)cc1=O. The number of hydrogen-bond donors (Lipinski definition) is 1. The first kappa shape index (κ1) is 20.2. The molecular formula is C18H23N5O4. The van der Waals surface area contributed by atoms with Gasteiger partial charge in [0.05, 0.1) is 4.92 Å². The fraction of sp³-hybridized carbons (Fsp3) is 0.389. The van der Waals surface area contributed by atoms with Gasteiger partial charge in [-0.15, -0.1) is 0 Å². The summed E-state index contributed by atoms with van der Waals surface area (Å²) in [6.07, 6.45) is 0. The Kier molecular flexibility index (Phi) is 6.78. The van der Waals surface area contributed by atoms with E-state index in [1.54, 1.807) is 19.1 Å². The summed E-state index contributed by atoms with van der Waals surface area (Å²) in [7, 11) is 0. The third-order valence-electron chi connectivity index (χ3n) is 4.24. The zero-order valence-electron chi connectivity index (χ0n) is 15.6. The summed E-state index contributed by atoms with van der Waals surface area (Å²) >= 11 is 0. The van der Waals surface area contributed by atoms with E-state index in [4.69, 9.17) is 0 Å². The molecule has 27 heavy (non-hydrogen) atoms. The monoisotopic (exact) mass is 373 g/mol. The minimum atomic E-state index is -0.598. The zero-order chi connectivity index (χ0) is 20.0. The molecule has 0 saturated carbocycles. The van der Waals surface area contributed by atoms with Crippen LogP contribution < -0.4 is 10.7 Å². The summed E-state index contributed by atoms with van der Waals surface area (Å²) < 4.78 is 1.25. The van der Waals surface area contributed by atoms with E-state index in [0.717, 1.165) is 13.1 Å². The minimum absolute atomic E-state index is 0.162. The lowest BCUT2D eigenvalue weighted by Crippen LogP contribution is -2.37. The number of aryl methyl sites for hydroxylation is 1. The first-order valence-electron chi connectivity index (χ1n) is 8.74. The molecule has 9 heteroatoms. The van der Waals surface area contributed by atoms with Gasteiger partial charge in [-0.3, -0.25) is 19.7 Å². The first-order valence-corrected chi connectivity index (χ1v) is 8.74. The van der Waals surface area contributed by atoms with Crippen molar-refractivity contribution in [1.29, 1.82) is 0 Å². The van der Waals surface area contributed by atoms with Crippen molar-refractivity contribution in [3.8, 4) is 5.69 Å². The zero-order valence-corrected chi connectivity index (χ0v) is 15.6. The molecule has 1 heterocycles. The average Bonchev–Trinajstić information content (AvgIpc) is 2.65. The standard InChI is InChI=1S/C18H23N5O4/c1-4-21(5-2)11-10-19-18(25)17-16(24)12-13(3)22(20-17)14-8-6-7-9-15(14)23(26)27/h6-9,12H,4-5,10-11H2,1-3H3,(H,19,25). The van der Waals surface area contributed by atoms with Crippen molar-refractivity contribution in [1.82, 2.24) is 20.0 Å². The fourth-order valence-electron chi connectivity index (χ4n) is 2.70. The largest absolute Gasteiger partial charge is 0.349 e. The van der Waals surface area contributed by atoms with Crippen LogP contribution in [-0.4, -0.2) is 51.7 Å². The topological polar surface area (TPSA) is 110 Å². The van der Waals surface area contributed by atoms with E-state index in [1.807, 2.05) is 13.8 Å². The number of likely N-dealkylation sites (N-methyl/N-ethyl adjacent to an activating group) is 1. The Hall–Kier alpha value is -3.07. The van der Waals surface area contributed by atoms with Gasteiger partial charge in [0.2, 0.25) is 5.43 Å². The maximum atomic E-state index is 12.4. The number of hydrogen-bond acceptors (Lipinski definition) is 6. The highest BCUT2D eigenvalue weighted by molar-refractivity contribution is 5.92. The maximum absolute atomic E-state index is 12.4. The molecule has 144 valence electrons.